The van der Waals surface area contributed by atoms with Crippen LogP contribution in [0.1, 0.15) is 34.3 Å². The summed E-state index contributed by atoms with van der Waals surface area (Å²) in [7, 11) is 0. The van der Waals surface area contributed by atoms with Crippen LogP contribution in [0.15, 0.2) is 18.2 Å². The maximum Gasteiger partial charge on any atom is 0.417 e. The van der Waals surface area contributed by atoms with E-state index in [-0.39, 0.29) is 56.0 Å². The van der Waals surface area contributed by atoms with E-state index in [0.717, 1.165) is 4.90 Å². The molecule has 2 bridgehead atoms. The number of carbonyl (C=O) groups excluding carboxylic acids is 3. The van der Waals surface area contributed by atoms with Crippen LogP contribution in [0.2, 0.25) is 0 Å². The number of halogens is 6. The maximum absolute atomic E-state index is 13.5. The molecule has 3 saturated heterocycles. The van der Waals surface area contributed by atoms with Crippen molar-refractivity contribution >= 4 is 29.7 Å². The molecule has 0 aliphatic carbocycles. The minimum absolute atomic E-state index is 0.0155. The van der Waals surface area contributed by atoms with E-state index in [1.54, 1.807) is 0 Å². The number of β-amino-alcohol motifs (C(OH)–C–C–N with tert-alkyl or cyclic N) is 1. The van der Waals surface area contributed by atoms with Gasteiger partial charge in [-0.05, 0) is 18.2 Å². The van der Waals surface area contributed by atoms with Gasteiger partial charge in [-0.15, -0.1) is 0 Å². The van der Waals surface area contributed by atoms with Gasteiger partial charge in [-0.2, -0.15) is 26.3 Å². The molecule has 0 aromatic heterocycles. The van der Waals surface area contributed by atoms with Crippen LogP contribution < -0.4 is 16.0 Å². The van der Waals surface area contributed by atoms with Crippen molar-refractivity contribution in [2.24, 2.45) is 0 Å². The highest BCUT2D eigenvalue weighted by molar-refractivity contribution is 6.02. The molecule has 3 aliphatic heterocycles. The first kappa shape index (κ1) is 29.9. The van der Waals surface area contributed by atoms with Gasteiger partial charge in [0, 0.05) is 25.9 Å². The van der Waals surface area contributed by atoms with Gasteiger partial charge in [-0.3, -0.25) is 25.3 Å². The Labute approximate surface area is 228 Å². The van der Waals surface area contributed by atoms with Crippen LogP contribution in [0.3, 0.4) is 0 Å². The van der Waals surface area contributed by atoms with E-state index in [0.29, 0.717) is 0 Å². The number of likely N-dealkylation sites (tertiary alicyclic amines) is 1. The average molecular weight is 593 g/mol. The van der Waals surface area contributed by atoms with E-state index in [2.05, 4.69) is 16.0 Å². The lowest BCUT2D eigenvalue weighted by Crippen LogP contribution is -2.70. The Bertz CT molecular complexity index is 1240. The number of carbonyl (C=O) groups is 3. The maximum atomic E-state index is 13.5. The van der Waals surface area contributed by atoms with Gasteiger partial charge in [0.2, 0.25) is 11.8 Å². The van der Waals surface area contributed by atoms with E-state index in [1.165, 1.54) is 4.90 Å². The second kappa shape index (κ2) is 11.1. The van der Waals surface area contributed by atoms with Gasteiger partial charge in [0.1, 0.15) is 12.2 Å². The summed E-state index contributed by atoms with van der Waals surface area (Å²) in [6.07, 6.45) is -13.5. The fourth-order valence-corrected chi connectivity index (χ4v) is 4.70. The lowest BCUT2D eigenvalue weighted by atomic mass is 10.0. The quantitative estimate of drug-likeness (QED) is 0.165. The standard InChI is InChI=1S/C23H25F6N7O5/c24-22(25,26)10-1-2-12(23(27,28)29)11(5-10)19(40)41-16-9-35-7-13(33-20(30)32-6-15(16)37)14(34-21(35)31)8-36-17(38)3-4-18(36)39/h1-2,5,13-16,37H,3-4,6-9H2,(H2,31,34)(H3,30,32,33)/t13?,14-,15-,16-/m0/s1. The molecule has 0 spiro atoms. The predicted octanol–water partition coefficient (Wildman–Crippen LogP) is 0.464. The number of fused-ring (bicyclic) bond motifs is 2. The Balaban J connectivity index is 1.58. The number of hydrogen-bond donors (Lipinski definition) is 6. The molecule has 2 amide bonds. The molecule has 224 valence electrons. The number of ether oxygens (including phenoxy) is 1. The van der Waals surface area contributed by atoms with Crippen molar-refractivity contribution in [3.63, 3.8) is 0 Å². The summed E-state index contributed by atoms with van der Waals surface area (Å²) >= 11 is 0. The van der Waals surface area contributed by atoms with E-state index in [1.807, 2.05) is 0 Å². The van der Waals surface area contributed by atoms with E-state index < -0.39 is 84.2 Å². The Kier molecular flexibility index (Phi) is 8.06. The molecule has 3 heterocycles. The largest absolute Gasteiger partial charge is 0.454 e. The Morgan fingerprint density at radius 2 is 1.68 bits per heavy atom. The van der Waals surface area contributed by atoms with E-state index in [9.17, 15) is 45.8 Å². The predicted molar refractivity (Wildman–Crippen MR) is 126 cm³/mol. The molecule has 1 aromatic rings. The summed E-state index contributed by atoms with van der Waals surface area (Å²) in [5.41, 5.74) is -4.60. The molecule has 3 fully saturated rings. The fourth-order valence-electron chi connectivity index (χ4n) is 4.70. The number of benzene rings is 1. The lowest BCUT2D eigenvalue weighted by molar-refractivity contribution is -0.141. The number of imide groups is 1. The molecule has 6 N–H and O–H groups in total. The third-order valence-electron chi connectivity index (χ3n) is 6.85. The highest BCUT2D eigenvalue weighted by Gasteiger charge is 2.42. The molecule has 3 aliphatic rings. The fraction of sp³-hybridized carbons (Fsp3) is 0.522. The smallest absolute Gasteiger partial charge is 0.417 e. The zero-order chi connectivity index (χ0) is 30.3. The van der Waals surface area contributed by atoms with Crippen molar-refractivity contribution in [3.8, 4) is 0 Å². The van der Waals surface area contributed by atoms with Gasteiger partial charge < -0.3 is 30.7 Å². The second-order valence-corrected chi connectivity index (χ2v) is 9.68. The van der Waals surface area contributed by atoms with Crippen LogP contribution in [0.25, 0.3) is 0 Å². The summed E-state index contributed by atoms with van der Waals surface area (Å²) in [5, 5.41) is 35.2. The zero-order valence-corrected chi connectivity index (χ0v) is 21.0. The number of hydrogen-bond acceptors (Lipinski definition) is 7. The van der Waals surface area contributed by atoms with Crippen LogP contribution in [-0.4, -0.2) is 95.1 Å². The first-order valence-electron chi connectivity index (χ1n) is 12.2. The van der Waals surface area contributed by atoms with E-state index in [4.69, 9.17) is 15.6 Å². The minimum atomic E-state index is -5.20. The summed E-state index contributed by atoms with van der Waals surface area (Å²) in [6, 6.07) is -1.15. The number of guanidine groups is 2. The number of aliphatic hydroxyl groups excluding tert-OH is 1. The first-order valence-corrected chi connectivity index (χ1v) is 12.2. The van der Waals surface area contributed by atoms with Crippen molar-refractivity contribution in [2.75, 3.05) is 26.2 Å². The molecule has 0 radical (unpaired) electrons. The lowest BCUT2D eigenvalue weighted by Gasteiger charge is -2.44. The number of rotatable bonds is 4. The monoisotopic (exact) mass is 593 g/mol. The Morgan fingerprint density at radius 3 is 2.29 bits per heavy atom. The van der Waals surface area contributed by atoms with Gasteiger partial charge >= 0.3 is 18.3 Å². The SMILES string of the molecule is N=C1NC[C@H](O)[C@@H](OC(=O)c2cc(C(F)(F)F)ccc2C(F)(F)F)CN2CC(N1)[C@H](CN1C(=O)CCC1=O)NC2=N. The topological polar surface area (TPSA) is 171 Å². The molecule has 41 heavy (non-hydrogen) atoms. The molecule has 4 rings (SSSR count). The number of alkyl halides is 6. The van der Waals surface area contributed by atoms with Gasteiger partial charge in [0.25, 0.3) is 0 Å². The van der Waals surface area contributed by atoms with Gasteiger partial charge in [-0.1, -0.05) is 0 Å². The molecule has 4 atom stereocenters. The van der Waals surface area contributed by atoms with Crippen LogP contribution in [-0.2, 0) is 26.7 Å². The summed E-state index contributed by atoms with van der Waals surface area (Å²) in [6.45, 7) is -1.17. The number of esters is 1. The first-order chi connectivity index (χ1) is 19.0. The van der Waals surface area contributed by atoms with E-state index >= 15 is 0 Å². The summed E-state index contributed by atoms with van der Waals surface area (Å²) < 4.78 is 85.3. The molecule has 1 aromatic carbocycles. The van der Waals surface area contributed by atoms with Crippen molar-refractivity contribution in [2.45, 2.75) is 49.5 Å². The number of nitrogens with zero attached hydrogens (tertiary/aromatic N) is 2. The van der Waals surface area contributed by atoms with Crippen LogP contribution in [0.4, 0.5) is 26.3 Å². The second-order valence-electron chi connectivity index (χ2n) is 9.68. The Hall–Kier alpha value is -4.09. The van der Waals surface area contributed by atoms with Crippen molar-refractivity contribution in [3.05, 3.63) is 34.9 Å². The number of aliphatic hydroxyl groups is 1. The number of nitrogens with one attached hydrogen (secondary N) is 5. The highest BCUT2D eigenvalue weighted by Crippen LogP contribution is 2.37. The van der Waals surface area contributed by atoms with Crippen molar-refractivity contribution < 1.29 is 50.6 Å². The molecule has 1 unspecified atom stereocenters. The Morgan fingerprint density at radius 1 is 1.02 bits per heavy atom. The third kappa shape index (κ3) is 6.63. The minimum Gasteiger partial charge on any atom is -0.454 e. The van der Waals surface area contributed by atoms with Gasteiger partial charge in [-0.25, -0.2) is 4.79 Å². The van der Waals surface area contributed by atoms with Crippen molar-refractivity contribution in [1.29, 1.82) is 10.8 Å². The van der Waals surface area contributed by atoms with Crippen LogP contribution >= 0.6 is 0 Å². The molecular formula is C23H25F6N7O5. The van der Waals surface area contributed by atoms with Crippen molar-refractivity contribution in [1.82, 2.24) is 25.8 Å². The average Bonchev–Trinajstić information content (AvgIpc) is 3.19. The highest BCUT2D eigenvalue weighted by atomic mass is 19.4. The van der Waals surface area contributed by atoms with Crippen LogP contribution in [0.5, 0.6) is 0 Å². The van der Waals surface area contributed by atoms with Gasteiger partial charge in [0.15, 0.2) is 11.9 Å². The van der Waals surface area contributed by atoms with Gasteiger partial charge in [0.05, 0.1) is 41.9 Å². The zero-order valence-electron chi connectivity index (χ0n) is 21.0. The number of amides is 2. The summed E-state index contributed by atoms with van der Waals surface area (Å²) in [4.78, 5) is 39.3. The molecule has 18 heteroatoms. The molecule has 0 saturated carbocycles. The normalized spacial score (nSPS) is 25.8. The molecule has 12 nitrogen and oxygen atoms in total. The molecular weight excluding hydrogens is 568 g/mol. The van der Waals surface area contributed by atoms with Crippen LogP contribution in [0, 0.1) is 10.8 Å². The summed E-state index contributed by atoms with van der Waals surface area (Å²) in [5.74, 6) is -3.23. The third-order valence-corrected chi connectivity index (χ3v) is 6.85.